The molecule has 0 aromatic rings. The number of halogens is 1. The molecule has 0 saturated carbocycles. The highest BCUT2D eigenvalue weighted by molar-refractivity contribution is 14.1. The van der Waals surface area contributed by atoms with Crippen molar-refractivity contribution in [3.05, 3.63) is 9.58 Å². The van der Waals surface area contributed by atoms with Crippen molar-refractivity contribution in [1.29, 1.82) is 0 Å². The first-order valence-corrected chi connectivity index (χ1v) is 8.95. The average Bonchev–Trinajstić information content (AvgIpc) is 2.13. The molecule has 0 spiro atoms. The molecule has 0 aliphatic rings. The summed E-state index contributed by atoms with van der Waals surface area (Å²) in [5.41, 5.74) is 0. The fourth-order valence-corrected chi connectivity index (χ4v) is 4.06. The van der Waals surface area contributed by atoms with E-state index in [1.54, 1.807) is 0 Å². The van der Waals surface area contributed by atoms with E-state index in [1.165, 1.54) is 5.82 Å². The van der Waals surface area contributed by atoms with Gasteiger partial charge in [-0.05, 0) is 56.7 Å². The van der Waals surface area contributed by atoms with Gasteiger partial charge in [-0.25, -0.2) is 0 Å². The Kier molecular flexibility index (Phi) is 9.56. The molecule has 0 rings (SSSR count). The first-order chi connectivity index (χ1) is 8.29. The molecule has 0 heterocycles. The van der Waals surface area contributed by atoms with Crippen LogP contribution in [0.5, 0.6) is 0 Å². The minimum absolute atomic E-state index is 0.161. The monoisotopic (exact) mass is 390 g/mol. The summed E-state index contributed by atoms with van der Waals surface area (Å²) in [6.45, 7) is 10.0. The number of unbranched alkanes of at least 4 members (excludes halogenated alkanes) is 1. The van der Waals surface area contributed by atoms with Crippen molar-refractivity contribution in [2.75, 3.05) is 6.61 Å². The van der Waals surface area contributed by atoms with Crippen molar-refractivity contribution >= 4 is 30.2 Å². The zero-order valence-corrected chi connectivity index (χ0v) is 14.9. The molecule has 0 bridgehead atoms. The molecule has 6 heteroatoms. The van der Waals surface area contributed by atoms with Gasteiger partial charge in [0.25, 0.3) is 0 Å². The van der Waals surface area contributed by atoms with Crippen LogP contribution < -0.4 is 0 Å². The molecule has 0 aromatic heterocycles. The number of ether oxygens (including phenoxy) is 1. The van der Waals surface area contributed by atoms with Gasteiger partial charge in [0.1, 0.15) is 0 Å². The van der Waals surface area contributed by atoms with Gasteiger partial charge in [0.2, 0.25) is 0 Å². The smallest absolute Gasteiger partial charge is 0.358 e. The summed E-state index contributed by atoms with van der Waals surface area (Å²) in [5, 5.41) is 0. The Morgan fingerprint density at radius 3 is 2.11 bits per heavy atom. The van der Waals surface area contributed by atoms with Gasteiger partial charge >= 0.3 is 7.60 Å². The molecule has 4 nitrogen and oxygen atoms in total. The van der Waals surface area contributed by atoms with Gasteiger partial charge in [0.05, 0.1) is 24.6 Å². The van der Waals surface area contributed by atoms with Crippen molar-refractivity contribution in [3.8, 4) is 0 Å². The lowest BCUT2D eigenvalue weighted by Crippen LogP contribution is -2.07. The van der Waals surface area contributed by atoms with Gasteiger partial charge < -0.3 is 13.8 Å². The normalized spacial score (nSPS) is 13.4. The SMILES string of the molecule is CCCCO/C(I)=C\P(=O)(OC(C)C)OC(C)C. The van der Waals surface area contributed by atoms with E-state index in [0.29, 0.717) is 10.4 Å². The number of rotatable bonds is 9. The molecule has 0 atom stereocenters. The highest BCUT2D eigenvalue weighted by Crippen LogP contribution is 2.53. The summed E-state index contributed by atoms with van der Waals surface area (Å²) in [6, 6.07) is 0. The van der Waals surface area contributed by atoms with Crippen molar-refractivity contribution in [2.24, 2.45) is 0 Å². The second-order valence-electron chi connectivity index (χ2n) is 4.48. The summed E-state index contributed by atoms with van der Waals surface area (Å²) in [5.74, 6) is 1.46. The molecular weight excluding hydrogens is 366 g/mol. The summed E-state index contributed by atoms with van der Waals surface area (Å²) in [7, 11) is -3.23. The second kappa shape index (κ2) is 9.34. The molecule has 0 fully saturated rings. The van der Waals surface area contributed by atoms with Gasteiger partial charge in [0.15, 0.2) is 3.77 Å². The van der Waals surface area contributed by atoms with Crippen molar-refractivity contribution in [1.82, 2.24) is 0 Å². The quantitative estimate of drug-likeness (QED) is 0.238. The van der Waals surface area contributed by atoms with E-state index in [-0.39, 0.29) is 12.2 Å². The predicted molar refractivity (Wildman–Crippen MR) is 83.0 cm³/mol. The van der Waals surface area contributed by atoms with E-state index < -0.39 is 7.60 Å². The molecular formula is C12H24IO4P. The molecule has 108 valence electrons. The Labute approximate surface area is 124 Å². The Morgan fingerprint density at radius 2 is 1.72 bits per heavy atom. The van der Waals surface area contributed by atoms with E-state index in [4.69, 9.17) is 13.8 Å². The fraction of sp³-hybridized carbons (Fsp3) is 0.833. The molecule has 0 radical (unpaired) electrons. The molecule has 0 saturated heterocycles. The number of hydrogen-bond donors (Lipinski definition) is 0. The first-order valence-electron chi connectivity index (χ1n) is 6.26. The second-order valence-corrected chi connectivity index (χ2v) is 7.31. The Balaban J connectivity index is 4.65. The maximum absolute atomic E-state index is 12.5. The highest BCUT2D eigenvalue weighted by Gasteiger charge is 2.26. The van der Waals surface area contributed by atoms with E-state index >= 15 is 0 Å². The zero-order chi connectivity index (χ0) is 14.2. The van der Waals surface area contributed by atoms with E-state index in [2.05, 4.69) is 6.92 Å². The van der Waals surface area contributed by atoms with Crippen LogP contribution in [-0.2, 0) is 18.3 Å². The first kappa shape index (κ1) is 18.4. The standard InChI is InChI=1S/C12H24IO4P/c1-6-7-8-15-12(13)9-18(14,16-10(2)3)17-11(4)5/h9-11H,6-8H2,1-5H3/b12-9-. The predicted octanol–water partition coefficient (Wildman–Crippen LogP) is 5.08. The van der Waals surface area contributed by atoms with Crippen molar-refractivity contribution in [2.45, 2.75) is 59.7 Å². The largest absolute Gasteiger partial charge is 0.487 e. The number of hydrogen-bond acceptors (Lipinski definition) is 4. The minimum atomic E-state index is -3.23. The lowest BCUT2D eigenvalue weighted by Gasteiger charge is -2.20. The van der Waals surface area contributed by atoms with Gasteiger partial charge in [0, 0.05) is 0 Å². The van der Waals surface area contributed by atoms with Crippen molar-refractivity contribution in [3.63, 3.8) is 0 Å². The van der Waals surface area contributed by atoms with Crippen LogP contribution in [0.15, 0.2) is 9.58 Å². The topological polar surface area (TPSA) is 44.8 Å². The van der Waals surface area contributed by atoms with E-state index in [1.807, 2.05) is 50.3 Å². The molecule has 0 unspecified atom stereocenters. The van der Waals surface area contributed by atoms with Crippen LogP contribution in [0, 0.1) is 0 Å². The Morgan fingerprint density at radius 1 is 1.22 bits per heavy atom. The summed E-state index contributed by atoms with van der Waals surface area (Å²) < 4.78 is 29.3. The van der Waals surface area contributed by atoms with E-state index in [0.717, 1.165) is 12.8 Å². The third-order valence-electron chi connectivity index (χ3n) is 1.71. The van der Waals surface area contributed by atoms with Crippen LogP contribution in [0.3, 0.4) is 0 Å². The molecule has 0 aromatic carbocycles. The van der Waals surface area contributed by atoms with Crippen LogP contribution >= 0.6 is 30.2 Å². The van der Waals surface area contributed by atoms with Crippen LogP contribution in [-0.4, -0.2) is 18.8 Å². The van der Waals surface area contributed by atoms with Gasteiger partial charge in [-0.2, -0.15) is 0 Å². The molecule has 0 N–H and O–H groups in total. The third kappa shape index (κ3) is 9.36. The van der Waals surface area contributed by atoms with Crippen LogP contribution in [0.4, 0.5) is 0 Å². The zero-order valence-electron chi connectivity index (χ0n) is 11.8. The van der Waals surface area contributed by atoms with Crippen LogP contribution in [0.25, 0.3) is 0 Å². The summed E-state index contributed by atoms with van der Waals surface area (Å²) in [6.07, 6.45) is 1.71. The lowest BCUT2D eigenvalue weighted by molar-refractivity contribution is 0.148. The highest BCUT2D eigenvalue weighted by atomic mass is 127. The summed E-state index contributed by atoms with van der Waals surface area (Å²) in [4.78, 5) is 0. The van der Waals surface area contributed by atoms with Gasteiger partial charge in [-0.15, -0.1) is 0 Å². The fourth-order valence-electron chi connectivity index (χ4n) is 1.15. The Bertz CT molecular complexity index is 288. The maximum Gasteiger partial charge on any atom is 0.358 e. The molecule has 0 aliphatic carbocycles. The van der Waals surface area contributed by atoms with Crippen molar-refractivity contribution < 1.29 is 18.3 Å². The minimum Gasteiger partial charge on any atom is -0.487 e. The molecule has 0 amide bonds. The Hall–Kier alpha value is 0.420. The van der Waals surface area contributed by atoms with Gasteiger partial charge in [-0.1, -0.05) is 13.3 Å². The van der Waals surface area contributed by atoms with Gasteiger partial charge in [-0.3, -0.25) is 4.57 Å². The summed E-state index contributed by atoms with van der Waals surface area (Å²) >= 11 is 2.01. The van der Waals surface area contributed by atoms with Crippen LogP contribution in [0.1, 0.15) is 47.5 Å². The van der Waals surface area contributed by atoms with Crippen LogP contribution in [0.2, 0.25) is 0 Å². The third-order valence-corrected chi connectivity index (χ3v) is 4.81. The molecule has 0 aliphatic heterocycles. The molecule has 18 heavy (non-hydrogen) atoms. The maximum atomic E-state index is 12.5. The lowest BCUT2D eigenvalue weighted by atomic mass is 10.4. The van der Waals surface area contributed by atoms with E-state index in [9.17, 15) is 4.57 Å². The average molecular weight is 390 g/mol.